The van der Waals surface area contributed by atoms with E-state index in [9.17, 15) is 31.2 Å². The quantitative estimate of drug-likeness (QED) is 0.317. The van der Waals surface area contributed by atoms with Crippen LogP contribution in [0, 0.1) is 0 Å². The van der Waals surface area contributed by atoms with Gasteiger partial charge in [-0.05, 0) is 49.4 Å². The van der Waals surface area contributed by atoms with E-state index in [4.69, 9.17) is 16.3 Å². The highest BCUT2D eigenvalue weighted by Gasteiger charge is 2.31. The fraction of sp³-hybridized carbons (Fsp3) is 0.190. The first kappa shape index (κ1) is 26.6. The second-order valence-corrected chi connectivity index (χ2v) is 10.1. The number of halogens is 4. The zero-order valence-corrected chi connectivity index (χ0v) is 20.2. The maximum Gasteiger partial charge on any atom is 0.416 e. The van der Waals surface area contributed by atoms with Gasteiger partial charge in [0.2, 0.25) is 15.7 Å². The first-order valence-corrected chi connectivity index (χ1v) is 12.6. The molecule has 0 aliphatic carbocycles. The number of aromatic amines is 1. The molecule has 0 saturated carbocycles. The minimum Gasteiger partial charge on any atom is -0.494 e. The van der Waals surface area contributed by atoms with E-state index in [1.54, 1.807) is 6.92 Å². The van der Waals surface area contributed by atoms with Crippen LogP contribution < -0.4 is 15.6 Å². The van der Waals surface area contributed by atoms with Crippen molar-refractivity contribution in [3.63, 3.8) is 0 Å². The lowest BCUT2D eigenvalue weighted by molar-refractivity contribution is -0.137. The molecular weight excluding hydrogens is 531 g/mol. The standard InChI is InChI=1S/C21H17ClF3N3O5S2/c1-2-33-13-4-6-14(7-5-13)35(31,32)17-10-26-20(28-19(17)30)34-11-18(29)27-16-9-12(21(23,24)25)3-8-15(16)22/h3-10H,2,11H2,1H3,(H,27,29)(H,26,28,30). The molecule has 0 atom stereocenters. The second-order valence-electron chi connectivity index (χ2n) is 6.82. The van der Waals surface area contributed by atoms with Crippen molar-refractivity contribution in [2.24, 2.45) is 0 Å². The Balaban J connectivity index is 1.69. The van der Waals surface area contributed by atoms with Gasteiger partial charge in [-0.3, -0.25) is 9.59 Å². The number of carbonyl (C=O) groups is 1. The summed E-state index contributed by atoms with van der Waals surface area (Å²) in [5.74, 6) is -0.597. The number of aromatic nitrogens is 2. The van der Waals surface area contributed by atoms with Crippen molar-refractivity contribution in [2.45, 2.75) is 28.0 Å². The SMILES string of the molecule is CCOc1ccc(S(=O)(=O)c2cnc(SCC(=O)Nc3cc(C(F)(F)F)ccc3Cl)[nH]c2=O)cc1. The van der Waals surface area contributed by atoms with Gasteiger partial charge < -0.3 is 15.0 Å². The van der Waals surface area contributed by atoms with Crippen LogP contribution in [0.25, 0.3) is 0 Å². The molecule has 0 aliphatic heterocycles. The largest absolute Gasteiger partial charge is 0.494 e. The van der Waals surface area contributed by atoms with Crippen molar-refractivity contribution in [3.8, 4) is 5.75 Å². The van der Waals surface area contributed by atoms with Crippen molar-refractivity contribution in [3.05, 3.63) is 69.6 Å². The van der Waals surface area contributed by atoms with Gasteiger partial charge >= 0.3 is 6.18 Å². The molecule has 0 radical (unpaired) electrons. The third-order valence-electron chi connectivity index (χ3n) is 4.39. The van der Waals surface area contributed by atoms with Crippen molar-refractivity contribution < 1.29 is 31.1 Å². The number of nitrogens with one attached hydrogen (secondary N) is 2. The molecule has 35 heavy (non-hydrogen) atoms. The molecule has 2 aromatic carbocycles. The summed E-state index contributed by atoms with van der Waals surface area (Å²) < 4.78 is 69.4. The van der Waals surface area contributed by atoms with Crippen LogP contribution in [-0.4, -0.2) is 36.7 Å². The minimum atomic E-state index is -4.62. The molecule has 0 fully saturated rings. The van der Waals surface area contributed by atoms with E-state index >= 15 is 0 Å². The number of hydrogen-bond acceptors (Lipinski definition) is 7. The first-order chi connectivity index (χ1) is 16.4. The molecule has 186 valence electrons. The Morgan fingerprint density at radius 1 is 1.20 bits per heavy atom. The maximum atomic E-state index is 12.9. The monoisotopic (exact) mass is 547 g/mol. The number of sulfone groups is 1. The van der Waals surface area contributed by atoms with Gasteiger partial charge in [-0.2, -0.15) is 13.2 Å². The lowest BCUT2D eigenvalue weighted by atomic mass is 10.2. The fourth-order valence-electron chi connectivity index (χ4n) is 2.76. The van der Waals surface area contributed by atoms with Crippen molar-refractivity contribution in [2.75, 3.05) is 17.7 Å². The van der Waals surface area contributed by atoms with E-state index in [2.05, 4.69) is 15.3 Å². The number of nitrogens with zero attached hydrogens (tertiary/aromatic N) is 1. The smallest absolute Gasteiger partial charge is 0.416 e. The highest BCUT2D eigenvalue weighted by atomic mass is 35.5. The zero-order chi connectivity index (χ0) is 25.8. The number of benzene rings is 2. The third-order valence-corrected chi connectivity index (χ3v) is 7.37. The minimum absolute atomic E-state index is 0.0640. The van der Waals surface area contributed by atoms with E-state index in [0.717, 1.165) is 30.1 Å². The molecule has 0 spiro atoms. The van der Waals surface area contributed by atoms with Gasteiger partial charge in [-0.1, -0.05) is 23.4 Å². The molecule has 8 nitrogen and oxygen atoms in total. The summed E-state index contributed by atoms with van der Waals surface area (Å²) in [7, 11) is -4.17. The fourth-order valence-corrected chi connectivity index (χ4v) is 4.79. The van der Waals surface area contributed by atoms with E-state index in [-0.39, 0.29) is 26.5 Å². The van der Waals surface area contributed by atoms with Crippen LogP contribution in [0.3, 0.4) is 0 Å². The van der Waals surface area contributed by atoms with E-state index in [1.165, 1.54) is 24.3 Å². The normalized spacial score (nSPS) is 11.8. The second kappa shape index (κ2) is 10.7. The van der Waals surface area contributed by atoms with Crippen molar-refractivity contribution in [1.29, 1.82) is 0 Å². The average molecular weight is 548 g/mol. The average Bonchev–Trinajstić information content (AvgIpc) is 2.79. The molecule has 2 N–H and O–H groups in total. The van der Waals surface area contributed by atoms with Gasteiger partial charge in [-0.15, -0.1) is 0 Å². The topological polar surface area (TPSA) is 118 Å². The summed E-state index contributed by atoms with van der Waals surface area (Å²) in [5, 5.41) is 2.11. The number of rotatable bonds is 8. The Kier molecular flexibility index (Phi) is 8.13. The van der Waals surface area contributed by atoms with Crippen molar-refractivity contribution in [1.82, 2.24) is 9.97 Å². The molecule has 0 aliphatic rings. The number of H-pyrrole nitrogens is 1. The maximum absolute atomic E-state index is 12.9. The van der Waals surface area contributed by atoms with Crippen LogP contribution in [0.5, 0.6) is 5.75 Å². The van der Waals surface area contributed by atoms with Gasteiger partial charge in [0.15, 0.2) is 10.1 Å². The van der Waals surface area contributed by atoms with Crippen LogP contribution in [0.4, 0.5) is 18.9 Å². The van der Waals surface area contributed by atoms with Gasteiger partial charge in [0, 0.05) is 0 Å². The Morgan fingerprint density at radius 2 is 1.89 bits per heavy atom. The summed E-state index contributed by atoms with van der Waals surface area (Å²) in [6, 6.07) is 8.00. The number of thioether (sulfide) groups is 1. The molecule has 1 heterocycles. The highest BCUT2D eigenvalue weighted by Crippen LogP contribution is 2.34. The van der Waals surface area contributed by atoms with Gasteiger partial charge in [-0.25, -0.2) is 13.4 Å². The summed E-state index contributed by atoms with van der Waals surface area (Å²) in [5.41, 5.74) is -2.16. The van der Waals surface area contributed by atoms with Crippen LogP contribution in [0.2, 0.25) is 5.02 Å². The van der Waals surface area contributed by atoms with E-state index in [1.807, 2.05) is 0 Å². The number of ether oxygens (including phenoxy) is 1. The van der Waals surface area contributed by atoms with Gasteiger partial charge in [0.1, 0.15) is 5.75 Å². The van der Waals surface area contributed by atoms with E-state index in [0.29, 0.717) is 18.4 Å². The lowest BCUT2D eigenvalue weighted by Gasteiger charge is -2.11. The Hall–Kier alpha value is -3.03. The Labute approximate surface area is 206 Å². The Morgan fingerprint density at radius 3 is 2.49 bits per heavy atom. The molecule has 0 saturated heterocycles. The highest BCUT2D eigenvalue weighted by molar-refractivity contribution is 7.99. The number of anilines is 1. The first-order valence-electron chi connectivity index (χ1n) is 9.78. The predicted molar refractivity (Wildman–Crippen MR) is 124 cm³/mol. The zero-order valence-electron chi connectivity index (χ0n) is 17.8. The molecule has 1 aromatic heterocycles. The summed E-state index contributed by atoms with van der Waals surface area (Å²) >= 11 is 6.60. The number of carbonyl (C=O) groups excluding carboxylic acids is 1. The van der Waals surface area contributed by atoms with Crippen LogP contribution >= 0.6 is 23.4 Å². The molecule has 1 amide bonds. The Bertz CT molecular complexity index is 1390. The molecular formula is C21H17ClF3N3O5S2. The number of amides is 1. The van der Waals surface area contributed by atoms with E-state index < -0.39 is 37.9 Å². The molecule has 0 bridgehead atoms. The number of alkyl halides is 3. The number of hydrogen-bond donors (Lipinski definition) is 2. The lowest BCUT2D eigenvalue weighted by Crippen LogP contribution is -2.20. The van der Waals surface area contributed by atoms with Gasteiger partial charge in [0.25, 0.3) is 5.56 Å². The van der Waals surface area contributed by atoms with Crippen molar-refractivity contribution >= 4 is 44.8 Å². The summed E-state index contributed by atoms with van der Waals surface area (Å²) in [4.78, 5) is 30.0. The van der Waals surface area contributed by atoms with Crippen LogP contribution in [0.1, 0.15) is 12.5 Å². The van der Waals surface area contributed by atoms with Crippen LogP contribution in [0.15, 0.2) is 68.4 Å². The summed E-state index contributed by atoms with van der Waals surface area (Å²) in [6.45, 7) is 2.18. The third kappa shape index (κ3) is 6.55. The molecule has 3 rings (SSSR count). The predicted octanol–water partition coefficient (Wildman–Crippen LogP) is 4.40. The summed E-state index contributed by atoms with van der Waals surface area (Å²) in [6.07, 6.45) is -3.75. The van der Waals surface area contributed by atoms with Gasteiger partial charge in [0.05, 0.1) is 39.7 Å². The molecule has 14 heteroatoms. The molecule has 0 unspecified atom stereocenters. The molecule has 3 aromatic rings. The van der Waals surface area contributed by atoms with Crippen LogP contribution in [-0.2, 0) is 20.8 Å².